The molecule has 2 heterocycles. The van der Waals surface area contributed by atoms with Crippen molar-refractivity contribution in [2.24, 2.45) is 5.92 Å². The van der Waals surface area contributed by atoms with Gasteiger partial charge in [0.05, 0.1) is 21.8 Å². The Morgan fingerprint density at radius 2 is 1.88 bits per heavy atom. The molecule has 2 fully saturated rings. The zero-order valence-electron chi connectivity index (χ0n) is 19.6. The maximum Gasteiger partial charge on any atom is 0.224 e. The first kappa shape index (κ1) is 23.1. The third kappa shape index (κ3) is 5.37. The maximum absolute atomic E-state index is 12.8. The van der Waals surface area contributed by atoms with Gasteiger partial charge < -0.3 is 16.0 Å². The Hall–Kier alpha value is -2.63. The summed E-state index contributed by atoms with van der Waals surface area (Å²) < 4.78 is 0. The number of halogens is 1. The van der Waals surface area contributed by atoms with Gasteiger partial charge in [0.1, 0.15) is 5.82 Å². The number of carbonyl (C=O) groups is 1. The van der Waals surface area contributed by atoms with Crippen molar-refractivity contribution in [3.05, 3.63) is 65.2 Å². The standard InChI is InChI=1S/C28H33ClN4O/c29-23-12-13-24-22(27(23)32-26(34)17-20-7-3-1-4-8-20)11-14-25(31-24)33-28(15-16-30-19-28)18-21-9-5-2-6-10-21/h2,5-6,9-14,20,30H,1,3-4,7-8,15-19H2,(H,31,33)(H,32,34)/t28-/m0/s1. The highest BCUT2D eigenvalue weighted by Crippen LogP contribution is 2.34. The number of hydrogen-bond donors (Lipinski definition) is 3. The highest BCUT2D eigenvalue weighted by Gasteiger charge is 2.34. The molecule has 0 bridgehead atoms. The number of aromatic nitrogens is 1. The molecule has 3 aromatic rings. The summed E-state index contributed by atoms with van der Waals surface area (Å²) >= 11 is 6.51. The lowest BCUT2D eigenvalue weighted by molar-refractivity contribution is -0.117. The second-order valence-corrected chi connectivity index (χ2v) is 10.3. The van der Waals surface area contributed by atoms with Crippen molar-refractivity contribution in [3.8, 4) is 0 Å². The van der Waals surface area contributed by atoms with E-state index in [0.717, 1.165) is 55.5 Å². The predicted octanol–water partition coefficient (Wildman–Crippen LogP) is 6.18. The van der Waals surface area contributed by atoms with Crippen molar-refractivity contribution >= 4 is 39.9 Å². The Morgan fingerprint density at radius 1 is 1.06 bits per heavy atom. The van der Waals surface area contributed by atoms with E-state index in [4.69, 9.17) is 16.6 Å². The van der Waals surface area contributed by atoms with E-state index >= 15 is 0 Å². The van der Waals surface area contributed by atoms with Gasteiger partial charge in [-0.15, -0.1) is 0 Å². The molecule has 1 aliphatic heterocycles. The zero-order valence-corrected chi connectivity index (χ0v) is 20.3. The number of pyridine rings is 1. The topological polar surface area (TPSA) is 66.0 Å². The first-order chi connectivity index (χ1) is 16.6. The molecule has 2 aliphatic rings. The normalized spacial score (nSPS) is 21.0. The number of nitrogens with zero attached hydrogens (tertiary/aromatic N) is 1. The van der Waals surface area contributed by atoms with E-state index < -0.39 is 0 Å². The molecule has 5 nitrogen and oxygen atoms in total. The molecule has 3 N–H and O–H groups in total. The minimum Gasteiger partial charge on any atom is -0.363 e. The van der Waals surface area contributed by atoms with Gasteiger partial charge in [0.2, 0.25) is 5.91 Å². The molecule has 6 heteroatoms. The van der Waals surface area contributed by atoms with Crippen LogP contribution in [0.15, 0.2) is 54.6 Å². The fourth-order valence-electron chi connectivity index (χ4n) is 5.52. The summed E-state index contributed by atoms with van der Waals surface area (Å²) in [6, 6.07) is 18.4. The van der Waals surface area contributed by atoms with Crippen LogP contribution >= 0.6 is 11.6 Å². The number of carbonyl (C=O) groups excluding carboxylic acids is 1. The van der Waals surface area contributed by atoms with Crippen molar-refractivity contribution in [1.29, 1.82) is 0 Å². The predicted molar refractivity (Wildman–Crippen MR) is 141 cm³/mol. The molecule has 34 heavy (non-hydrogen) atoms. The van der Waals surface area contributed by atoms with Gasteiger partial charge >= 0.3 is 0 Å². The molecule has 1 amide bonds. The van der Waals surface area contributed by atoms with Crippen molar-refractivity contribution in [2.45, 2.75) is 56.9 Å². The highest BCUT2D eigenvalue weighted by atomic mass is 35.5. The average Bonchev–Trinajstić information content (AvgIpc) is 3.30. The third-order valence-corrected chi connectivity index (χ3v) is 7.62. The number of hydrogen-bond acceptors (Lipinski definition) is 4. The van der Waals surface area contributed by atoms with E-state index in [1.807, 2.05) is 24.3 Å². The molecular formula is C28H33ClN4O. The molecule has 1 aliphatic carbocycles. The molecule has 1 aromatic heterocycles. The van der Waals surface area contributed by atoms with Gasteiger partial charge in [0.15, 0.2) is 0 Å². The summed E-state index contributed by atoms with van der Waals surface area (Å²) in [4.78, 5) is 17.7. The van der Waals surface area contributed by atoms with Gasteiger partial charge in [0.25, 0.3) is 0 Å². The van der Waals surface area contributed by atoms with Crippen molar-refractivity contribution in [3.63, 3.8) is 0 Å². The Bertz CT molecular complexity index is 1140. The van der Waals surface area contributed by atoms with E-state index in [1.54, 1.807) is 0 Å². The quantitative estimate of drug-likeness (QED) is 0.380. The smallest absolute Gasteiger partial charge is 0.224 e. The summed E-state index contributed by atoms with van der Waals surface area (Å²) in [6.07, 6.45) is 8.57. The van der Waals surface area contributed by atoms with Crippen LogP contribution in [0.1, 0.15) is 50.5 Å². The van der Waals surface area contributed by atoms with Crippen LogP contribution in [0.25, 0.3) is 10.9 Å². The van der Waals surface area contributed by atoms with E-state index in [9.17, 15) is 4.79 Å². The molecule has 178 valence electrons. The summed E-state index contributed by atoms with van der Waals surface area (Å²) in [5.74, 6) is 1.37. The fraction of sp³-hybridized carbons (Fsp3) is 0.429. The third-order valence-electron chi connectivity index (χ3n) is 7.31. The van der Waals surface area contributed by atoms with Crippen LogP contribution in [-0.2, 0) is 11.2 Å². The lowest BCUT2D eigenvalue weighted by atomic mass is 9.87. The fourth-order valence-corrected chi connectivity index (χ4v) is 5.73. The molecule has 0 unspecified atom stereocenters. The number of amides is 1. The van der Waals surface area contributed by atoms with Crippen molar-refractivity contribution < 1.29 is 4.79 Å². The van der Waals surface area contributed by atoms with E-state index in [2.05, 4.69) is 46.3 Å². The van der Waals surface area contributed by atoms with Gasteiger partial charge in [-0.2, -0.15) is 0 Å². The van der Waals surface area contributed by atoms with Gasteiger partial charge in [0, 0.05) is 18.4 Å². The lowest BCUT2D eigenvalue weighted by Crippen LogP contribution is -2.43. The zero-order chi connectivity index (χ0) is 23.4. The van der Waals surface area contributed by atoms with Crippen LogP contribution in [0.2, 0.25) is 5.02 Å². The van der Waals surface area contributed by atoms with Crippen molar-refractivity contribution in [2.75, 3.05) is 23.7 Å². The number of nitrogens with one attached hydrogen (secondary N) is 3. The van der Waals surface area contributed by atoms with Crippen LogP contribution < -0.4 is 16.0 Å². The van der Waals surface area contributed by atoms with Gasteiger partial charge in [-0.25, -0.2) is 4.98 Å². The van der Waals surface area contributed by atoms with Crippen LogP contribution in [0.3, 0.4) is 0 Å². The van der Waals surface area contributed by atoms with E-state index in [0.29, 0.717) is 23.0 Å². The number of fused-ring (bicyclic) bond motifs is 1. The highest BCUT2D eigenvalue weighted by molar-refractivity contribution is 6.35. The van der Waals surface area contributed by atoms with E-state index in [-0.39, 0.29) is 11.4 Å². The molecule has 1 atom stereocenters. The molecule has 1 saturated heterocycles. The first-order valence-corrected chi connectivity index (χ1v) is 12.9. The number of anilines is 2. The second kappa shape index (κ2) is 10.3. The van der Waals surface area contributed by atoms with Crippen LogP contribution in [0.5, 0.6) is 0 Å². The van der Waals surface area contributed by atoms with Crippen LogP contribution in [0.4, 0.5) is 11.5 Å². The summed E-state index contributed by atoms with van der Waals surface area (Å²) in [5.41, 5.74) is 2.73. The van der Waals surface area contributed by atoms with Gasteiger partial charge in [-0.05, 0) is 68.0 Å². The largest absolute Gasteiger partial charge is 0.363 e. The Morgan fingerprint density at radius 3 is 2.65 bits per heavy atom. The maximum atomic E-state index is 12.8. The van der Waals surface area contributed by atoms with Crippen LogP contribution in [-0.4, -0.2) is 29.5 Å². The Balaban J connectivity index is 1.35. The minimum absolute atomic E-state index is 0.0438. The summed E-state index contributed by atoms with van der Waals surface area (Å²) in [7, 11) is 0. The lowest BCUT2D eigenvalue weighted by Gasteiger charge is -2.30. The van der Waals surface area contributed by atoms with E-state index in [1.165, 1.54) is 24.8 Å². The molecular weight excluding hydrogens is 444 g/mol. The Kier molecular flexibility index (Phi) is 7.02. The summed E-state index contributed by atoms with van der Waals surface area (Å²) in [5, 5.41) is 11.7. The second-order valence-electron chi connectivity index (χ2n) is 9.94. The number of benzene rings is 2. The van der Waals surface area contributed by atoms with Gasteiger partial charge in [-0.3, -0.25) is 4.79 Å². The molecule has 0 spiro atoms. The SMILES string of the molecule is O=C(CC1CCCCC1)Nc1c(Cl)ccc2nc(N[C@]3(Cc4ccccc4)CCNC3)ccc12. The number of rotatable bonds is 7. The van der Waals surface area contributed by atoms with Crippen molar-refractivity contribution in [1.82, 2.24) is 10.3 Å². The molecule has 5 rings (SSSR count). The monoisotopic (exact) mass is 476 g/mol. The molecule has 2 aromatic carbocycles. The Labute approximate surface area is 206 Å². The first-order valence-electron chi connectivity index (χ1n) is 12.5. The molecule has 1 saturated carbocycles. The average molecular weight is 477 g/mol. The molecule has 0 radical (unpaired) electrons. The minimum atomic E-state index is -0.0779. The van der Waals surface area contributed by atoms with Gasteiger partial charge in [-0.1, -0.05) is 61.2 Å². The summed E-state index contributed by atoms with van der Waals surface area (Å²) in [6.45, 7) is 1.88. The van der Waals surface area contributed by atoms with Crippen LogP contribution in [0, 0.1) is 5.92 Å².